The molecule has 0 radical (unpaired) electrons. The van der Waals surface area contributed by atoms with E-state index < -0.39 is 5.97 Å². The average molecular weight is 225 g/mol. The lowest BCUT2D eigenvalue weighted by molar-refractivity contribution is -0.132. The van der Waals surface area contributed by atoms with E-state index in [4.69, 9.17) is 10.8 Å². The van der Waals surface area contributed by atoms with Crippen LogP contribution in [-0.2, 0) is 4.79 Å². The van der Waals surface area contributed by atoms with Crippen LogP contribution in [-0.4, -0.2) is 26.8 Å². The number of carbonyl (C=O) groups is 1. The number of thioether (sulfide) groups is 1. The predicted octanol–water partition coefficient (Wildman–Crippen LogP) is 1.18. The van der Waals surface area contributed by atoms with Gasteiger partial charge in [0, 0.05) is 23.7 Å². The predicted molar refractivity (Wildman–Crippen MR) is 58.6 cm³/mol. The van der Waals surface area contributed by atoms with Gasteiger partial charge in [-0.3, -0.25) is 0 Å². The molecule has 1 aromatic rings. The Hall–Kier alpha value is -1.56. The fraction of sp³-hybridized carbons (Fsp3) is 0.222. The number of aromatic nitrogens is 2. The molecule has 0 spiro atoms. The van der Waals surface area contributed by atoms with Gasteiger partial charge in [0.2, 0.25) is 0 Å². The fourth-order valence-electron chi connectivity index (χ4n) is 0.780. The summed E-state index contributed by atoms with van der Waals surface area (Å²) in [4.78, 5) is 18.4. The third-order valence-electron chi connectivity index (χ3n) is 1.64. The van der Waals surface area contributed by atoms with Gasteiger partial charge in [-0.05, 0) is 6.92 Å². The number of rotatable bonds is 4. The molecule has 1 rings (SSSR count). The van der Waals surface area contributed by atoms with E-state index in [1.54, 1.807) is 19.2 Å². The van der Waals surface area contributed by atoms with Crippen LogP contribution in [0.1, 0.15) is 6.92 Å². The van der Waals surface area contributed by atoms with Crippen molar-refractivity contribution in [3.05, 3.63) is 24.0 Å². The lowest BCUT2D eigenvalue weighted by Gasteiger charge is -2.00. The number of carboxylic acid groups (broad SMARTS) is 1. The maximum Gasteiger partial charge on any atom is 0.330 e. The minimum absolute atomic E-state index is 0.310. The second-order valence-electron chi connectivity index (χ2n) is 2.75. The summed E-state index contributed by atoms with van der Waals surface area (Å²) in [5.41, 5.74) is 5.88. The normalized spacial score (nSPS) is 11.4. The Labute approximate surface area is 91.4 Å². The summed E-state index contributed by atoms with van der Waals surface area (Å²) in [5, 5.41) is 9.22. The van der Waals surface area contributed by atoms with Gasteiger partial charge in [0.05, 0.1) is 0 Å². The Bertz CT molecular complexity index is 393. The molecule has 0 aromatic carbocycles. The standard InChI is InChI=1S/C9H11N3O2S/c1-6(9(13)14)2-5-15-8-7(10)11-3-4-12-8/h2-4H,5H2,1H3,(H2,10,11)(H,13,14). The van der Waals surface area contributed by atoms with E-state index in [0.717, 1.165) is 0 Å². The number of nitrogens with two attached hydrogens (primary N) is 1. The topological polar surface area (TPSA) is 89.1 Å². The van der Waals surface area contributed by atoms with Crippen LogP contribution < -0.4 is 5.73 Å². The Morgan fingerprint density at radius 1 is 1.60 bits per heavy atom. The van der Waals surface area contributed by atoms with E-state index in [1.807, 2.05) is 0 Å². The van der Waals surface area contributed by atoms with E-state index in [9.17, 15) is 4.79 Å². The highest BCUT2D eigenvalue weighted by Crippen LogP contribution is 2.19. The minimum Gasteiger partial charge on any atom is -0.478 e. The molecule has 80 valence electrons. The van der Waals surface area contributed by atoms with Gasteiger partial charge < -0.3 is 10.8 Å². The van der Waals surface area contributed by atoms with Crippen LogP contribution >= 0.6 is 11.8 Å². The molecule has 0 aliphatic heterocycles. The lowest BCUT2D eigenvalue weighted by atomic mass is 10.3. The van der Waals surface area contributed by atoms with Gasteiger partial charge in [-0.2, -0.15) is 0 Å². The fourth-order valence-corrected chi connectivity index (χ4v) is 1.61. The Balaban J connectivity index is 2.55. The molecule has 0 amide bonds. The van der Waals surface area contributed by atoms with Gasteiger partial charge in [-0.25, -0.2) is 14.8 Å². The van der Waals surface area contributed by atoms with Gasteiger partial charge in [0.15, 0.2) is 5.82 Å². The highest BCUT2D eigenvalue weighted by Gasteiger charge is 2.02. The second-order valence-corrected chi connectivity index (χ2v) is 3.76. The molecule has 6 heteroatoms. The highest BCUT2D eigenvalue weighted by molar-refractivity contribution is 7.99. The number of nitrogens with zero attached hydrogens (tertiary/aromatic N) is 2. The number of anilines is 1. The van der Waals surface area contributed by atoms with E-state index in [-0.39, 0.29) is 0 Å². The molecule has 15 heavy (non-hydrogen) atoms. The maximum atomic E-state index is 10.5. The molecule has 0 bridgehead atoms. The summed E-state index contributed by atoms with van der Waals surface area (Å²) >= 11 is 1.35. The molecule has 0 saturated carbocycles. The van der Waals surface area contributed by atoms with Gasteiger partial charge >= 0.3 is 5.97 Å². The first-order valence-corrected chi connectivity index (χ1v) is 5.19. The minimum atomic E-state index is -0.914. The Morgan fingerprint density at radius 3 is 2.87 bits per heavy atom. The van der Waals surface area contributed by atoms with Crippen molar-refractivity contribution in [3.8, 4) is 0 Å². The van der Waals surface area contributed by atoms with Crippen LogP contribution in [0.5, 0.6) is 0 Å². The third kappa shape index (κ3) is 3.59. The molecule has 3 N–H and O–H groups in total. The molecule has 0 aliphatic rings. The smallest absolute Gasteiger partial charge is 0.330 e. The average Bonchev–Trinajstić information content (AvgIpc) is 2.20. The SMILES string of the molecule is CC(=CCSc1nccnc1N)C(=O)O. The summed E-state index contributed by atoms with van der Waals surface area (Å²) in [7, 11) is 0. The van der Waals surface area contributed by atoms with Crippen molar-refractivity contribution in [2.24, 2.45) is 0 Å². The van der Waals surface area contributed by atoms with E-state index >= 15 is 0 Å². The Morgan fingerprint density at radius 2 is 2.27 bits per heavy atom. The molecule has 0 aliphatic carbocycles. The van der Waals surface area contributed by atoms with E-state index in [0.29, 0.717) is 22.2 Å². The van der Waals surface area contributed by atoms with E-state index in [2.05, 4.69) is 9.97 Å². The van der Waals surface area contributed by atoms with Crippen molar-refractivity contribution in [2.45, 2.75) is 11.9 Å². The van der Waals surface area contributed by atoms with Crippen molar-refractivity contribution in [1.29, 1.82) is 0 Å². The first-order chi connectivity index (χ1) is 7.11. The van der Waals surface area contributed by atoms with Crippen LogP contribution in [0.15, 0.2) is 29.1 Å². The van der Waals surface area contributed by atoms with Crippen LogP contribution in [0, 0.1) is 0 Å². The van der Waals surface area contributed by atoms with Gasteiger partial charge in [0.25, 0.3) is 0 Å². The van der Waals surface area contributed by atoms with Gasteiger partial charge in [0.1, 0.15) is 5.03 Å². The molecular formula is C9H11N3O2S. The number of hydrogen-bond donors (Lipinski definition) is 2. The summed E-state index contributed by atoms with van der Waals surface area (Å²) in [6.45, 7) is 1.54. The molecule has 0 unspecified atom stereocenters. The molecule has 1 aromatic heterocycles. The number of aliphatic carboxylic acids is 1. The summed E-state index contributed by atoms with van der Waals surface area (Å²) in [5.74, 6) is -0.0345. The van der Waals surface area contributed by atoms with Crippen LogP contribution in [0.2, 0.25) is 0 Å². The highest BCUT2D eigenvalue weighted by atomic mass is 32.2. The molecule has 0 saturated heterocycles. The number of carboxylic acids is 1. The van der Waals surface area contributed by atoms with Crippen LogP contribution in [0.4, 0.5) is 5.82 Å². The van der Waals surface area contributed by atoms with E-state index in [1.165, 1.54) is 18.0 Å². The third-order valence-corrected chi connectivity index (χ3v) is 2.56. The Kier molecular flexibility index (Phi) is 4.11. The van der Waals surface area contributed by atoms with Crippen LogP contribution in [0.25, 0.3) is 0 Å². The van der Waals surface area contributed by atoms with Crippen molar-refractivity contribution in [3.63, 3.8) is 0 Å². The number of nitrogen functional groups attached to an aromatic ring is 1. The second kappa shape index (κ2) is 5.35. The van der Waals surface area contributed by atoms with Crippen molar-refractivity contribution in [2.75, 3.05) is 11.5 Å². The van der Waals surface area contributed by atoms with Gasteiger partial charge in [-0.15, -0.1) is 0 Å². The zero-order chi connectivity index (χ0) is 11.3. The van der Waals surface area contributed by atoms with Gasteiger partial charge in [-0.1, -0.05) is 17.8 Å². The summed E-state index contributed by atoms with van der Waals surface area (Å²) in [6, 6.07) is 0. The van der Waals surface area contributed by atoms with Crippen LogP contribution in [0.3, 0.4) is 0 Å². The number of hydrogen-bond acceptors (Lipinski definition) is 5. The molecule has 5 nitrogen and oxygen atoms in total. The molecular weight excluding hydrogens is 214 g/mol. The summed E-state index contributed by atoms with van der Waals surface area (Å²) in [6.07, 6.45) is 4.67. The molecule has 0 atom stereocenters. The monoisotopic (exact) mass is 225 g/mol. The summed E-state index contributed by atoms with van der Waals surface area (Å²) < 4.78 is 0. The first-order valence-electron chi connectivity index (χ1n) is 4.20. The quantitative estimate of drug-likeness (QED) is 0.591. The molecule has 0 fully saturated rings. The van der Waals surface area contributed by atoms with Crippen molar-refractivity contribution >= 4 is 23.5 Å². The molecule has 1 heterocycles. The first kappa shape index (κ1) is 11.5. The van der Waals surface area contributed by atoms with Crippen molar-refractivity contribution < 1.29 is 9.90 Å². The lowest BCUT2D eigenvalue weighted by Crippen LogP contribution is -1.97. The largest absolute Gasteiger partial charge is 0.478 e. The zero-order valence-corrected chi connectivity index (χ0v) is 8.99. The zero-order valence-electron chi connectivity index (χ0n) is 8.17. The maximum absolute atomic E-state index is 10.5. The van der Waals surface area contributed by atoms with Crippen molar-refractivity contribution in [1.82, 2.24) is 9.97 Å².